The first kappa shape index (κ1) is 13.0. The van der Waals surface area contributed by atoms with E-state index < -0.39 is 12.0 Å². The van der Waals surface area contributed by atoms with Crippen LogP contribution in [0.2, 0.25) is 0 Å². The minimum Gasteiger partial charge on any atom is -0.480 e. The minimum absolute atomic E-state index is 0.167. The number of rotatable bonds is 5. The third-order valence-electron chi connectivity index (χ3n) is 3.38. The molecule has 1 saturated heterocycles. The number of carboxylic acid groups (broad SMARTS) is 1. The molecule has 2 heterocycles. The Hall–Kier alpha value is -1.43. The van der Waals surface area contributed by atoms with Gasteiger partial charge in [0.15, 0.2) is 5.82 Å². The number of likely N-dealkylation sites (tertiary alicyclic amines) is 1. The highest BCUT2D eigenvalue weighted by Crippen LogP contribution is 2.25. The maximum Gasteiger partial charge on any atom is 0.321 e. The summed E-state index contributed by atoms with van der Waals surface area (Å²) in [6.07, 6.45) is 2.66. The number of aliphatic carboxylic acids is 1. The highest BCUT2D eigenvalue weighted by molar-refractivity contribution is 5.74. The van der Waals surface area contributed by atoms with Crippen molar-refractivity contribution >= 4 is 5.97 Å². The van der Waals surface area contributed by atoms with Gasteiger partial charge in [0.25, 0.3) is 0 Å². The lowest BCUT2D eigenvalue weighted by Crippen LogP contribution is -2.38. The monoisotopic (exact) mass is 253 g/mol. The molecule has 2 atom stereocenters. The van der Waals surface area contributed by atoms with Crippen LogP contribution in [-0.4, -0.2) is 38.7 Å². The summed E-state index contributed by atoms with van der Waals surface area (Å²) in [6.45, 7) is 5.22. The summed E-state index contributed by atoms with van der Waals surface area (Å²) in [7, 11) is 0. The van der Waals surface area contributed by atoms with Crippen molar-refractivity contribution in [2.75, 3.05) is 6.54 Å². The van der Waals surface area contributed by atoms with E-state index in [1.54, 1.807) is 0 Å². The number of carbonyl (C=O) groups is 1. The fourth-order valence-corrected chi connectivity index (χ4v) is 2.46. The molecule has 0 saturated carbocycles. The number of nitrogens with zero attached hydrogens (tertiary/aromatic N) is 3. The molecule has 2 rings (SSSR count). The maximum atomic E-state index is 11.2. The van der Waals surface area contributed by atoms with Gasteiger partial charge in [-0.2, -0.15) is 4.98 Å². The molecule has 0 aromatic carbocycles. The van der Waals surface area contributed by atoms with Crippen molar-refractivity contribution in [2.24, 2.45) is 5.92 Å². The molecule has 0 spiro atoms. The smallest absolute Gasteiger partial charge is 0.321 e. The van der Waals surface area contributed by atoms with Crippen LogP contribution < -0.4 is 0 Å². The third-order valence-corrected chi connectivity index (χ3v) is 3.38. The summed E-state index contributed by atoms with van der Waals surface area (Å²) in [5, 5.41) is 13.1. The SMILES string of the molecule is CCCc1noc(CN2CCC(C)C2C(=O)O)n1. The molecule has 0 amide bonds. The van der Waals surface area contributed by atoms with Crippen molar-refractivity contribution in [1.29, 1.82) is 0 Å². The predicted molar refractivity (Wildman–Crippen MR) is 63.9 cm³/mol. The van der Waals surface area contributed by atoms with Gasteiger partial charge in [-0.05, 0) is 25.3 Å². The second-order valence-electron chi connectivity index (χ2n) is 4.87. The van der Waals surface area contributed by atoms with Crippen LogP contribution in [0.15, 0.2) is 4.52 Å². The molecule has 1 aromatic rings. The van der Waals surface area contributed by atoms with Gasteiger partial charge in [0.2, 0.25) is 5.89 Å². The van der Waals surface area contributed by atoms with Gasteiger partial charge < -0.3 is 9.63 Å². The molecular weight excluding hydrogens is 234 g/mol. The van der Waals surface area contributed by atoms with Gasteiger partial charge in [-0.1, -0.05) is 19.0 Å². The molecule has 1 N–H and O–H groups in total. The average molecular weight is 253 g/mol. The van der Waals surface area contributed by atoms with Crippen LogP contribution >= 0.6 is 0 Å². The van der Waals surface area contributed by atoms with Crippen LogP contribution in [0.1, 0.15) is 38.4 Å². The topological polar surface area (TPSA) is 79.5 Å². The van der Waals surface area contributed by atoms with Gasteiger partial charge in [-0.3, -0.25) is 9.69 Å². The quantitative estimate of drug-likeness (QED) is 0.852. The van der Waals surface area contributed by atoms with Crippen LogP contribution in [0.25, 0.3) is 0 Å². The Kier molecular flexibility index (Phi) is 3.96. The number of carboxylic acids is 1. The molecule has 6 nitrogen and oxygen atoms in total. The van der Waals surface area contributed by atoms with Gasteiger partial charge in [-0.15, -0.1) is 0 Å². The number of aryl methyl sites for hydroxylation is 1. The molecule has 2 unspecified atom stereocenters. The highest BCUT2D eigenvalue weighted by atomic mass is 16.5. The van der Waals surface area contributed by atoms with E-state index in [0.717, 1.165) is 25.8 Å². The van der Waals surface area contributed by atoms with E-state index >= 15 is 0 Å². The second kappa shape index (κ2) is 5.48. The van der Waals surface area contributed by atoms with Gasteiger partial charge in [-0.25, -0.2) is 0 Å². The lowest BCUT2D eigenvalue weighted by atomic mass is 10.0. The minimum atomic E-state index is -0.770. The van der Waals surface area contributed by atoms with Crippen LogP contribution in [0, 0.1) is 5.92 Å². The van der Waals surface area contributed by atoms with Gasteiger partial charge in [0.1, 0.15) is 6.04 Å². The van der Waals surface area contributed by atoms with E-state index in [0.29, 0.717) is 18.3 Å². The molecule has 18 heavy (non-hydrogen) atoms. The molecule has 0 aliphatic carbocycles. The Morgan fingerprint density at radius 3 is 3.06 bits per heavy atom. The van der Waals surface area contributed by atoms with E-state index in [4.69, 9.17) is 4.52 Å². The van der Waals surface area contributed by atoms with Crippen molar-refractivity contribution in [3.8, 4) is 0 Å². The fourth-order valence-electron chi connectivity index (χ4n) is 2.46. The number of hydrogen-bond acceptors (Lipinski definition) is 5. The van der Waals surface area contributed by atoms with Crippen molar-refractivity contribution in [3.63, 3.8) is 0 Å². The summed E-state index contributed by atoms with van der Waals surface area (Å²) in [5.41, 5.74) is 0. The van der Waals surface area contributed by atoms with E-state index in [2.05, 4.69) is 17.1 Å². The first-order valence-electron chi connectivity index (χ1n) is 6.40. The molecule has 100 valence electrons. The first-order chi connectivity index (χ1) is 8.61. The van der Waals surface area contributed by atoms with E-state index in [1.165, 1.54) is 0 Å². The lowest BCUT2D eigenvalue weighted by molar-refractivity contribution is -0.143. The standard InChI is InChI=1S/C12H19N3O3/c1-3-4-9-13-10(18-14-9)7-15-6-5-8(2)11(15)12(16)17/h8,11H,3-7H2,1-2H3,(H,16,17). The van der Waals surface area contributed by atoms with Crippen molar-refractivity contribution in [2.45, 2.75) is 45.7 Å². The Bertz CT molecular complexity index is 418. The van der Waals surface area contributed by atoms with Gasteiger partial charge in [0, 0.05) is 6.42 Å². The summed E-state index contributed by atoms with van der Waals surface area (Å²) in [5.74, 6) is 0.610. The van der Waals surface area contributed by atoms with Gasteiger partial charge >= 0.3 is 5.97 Å². The molecule has 1 fully saturated rings. The van der Waals surface area contributed by atoms with Crippen LogP contribution in [0.3, 0.4) is 0 Å². The van der Waals surface area contributed by atoms with Crippen molar-refractivity contribution in [3.05, 3.63) is 11.7 Å². The Morgan fingerprint density at radius 2 is 2.39 bits per heavy atom. The Morgan fingerprint density at radius 1 is 1.61 bits per heavy atom. The molecule has 0 bridgehead atoms. The molecule has 1 aromatic heterocycles. The Balaban J connectivity index is 2.01. The van der Waals surface area contributed by atoms with Crippen molar-refractivity contribution < 1.29 is 14.4 Å². The normalized spacial score (nSPS) is 24.6. The molecule has 1 aliphatic rings. The van der Waals surface area contributed by atoms with E-state index in [9.17, 15) is 9.90 Å². The summed E-state index contributed by atoms with van der Waals surface area (Å²) in [6, 6.07) is -0.438. The van der Waals surface area contributed by atoms with Crippen molar-refractivity contribution in [1.82, 2.24) is 15.0 Å². The van der Waals surface area contributed by atoms with Crippen LogP contribution in [0.4, 0.5) is 0 Å². The zero-order valence-corrected chi connectivity index (χ0v) is 10.8. The first-order valence-corrected chi connectivity index (χ1v) is 6.40. The van der Waals surface area contributed by atoms with Gasteiger partial charge in [0.05, 0.1) is 6.54 Å². The molecule has 6 heteroatoms. The zero-order valence-electron chi connectivity index (χ0n) is 10.8. The summed E-state index contributed by atoms with van der Waals surface area (Å²) >= 11 is 0. The molecular formula is C12H19N3O3. The molecule has 1 aliphatic heterocycles. The molecule has 0 radical (unpaired) electrons. The maximum absolute atomic E-state index is 11.2. The average Bonchev–Trinajstić information content (AvgIpc) is 2.87. The largest absolute Gasteiger partial charge is 0.480 e. The zero-order chi connectivity index (χ0) is 13.1. The van der Waals surface area contributed by atoms with Crippen LogP contribution in [0.5, 0.6) is 0 Å². The summed E-state index contributed by atoms with van der Waals surface area (Å²) in [4.78, 5) is 17.4. The number of hydrogen-bond donors (Lipinski definition) is 1. The fraction of sp³-hybridized carbons (Fsp3) is 0.750. The second-order valence-corrected chi connectivity index (χ2v) is 4.87. The highest BCUT2D eigenvalue weighted by Gasteiger charge is 2.37. The third kappa shape index (κ3) is 2.69. The van der Waals surface area contributed by atoms with Crippen LogP contribution in [-0.2, 0) is 17.8 Å². The lowest BCUT2D eigenvalue weighted by Gasteiger charge is -2.20. The Labute approximate surface area is 106 Å². The predicted octanol–water partition coefficient (Wildman–Crippen LogP) is 1.32. The van der Waals surface area contributed by atoms with E-state index in [1.807, 2.05) is 11.8 Å². The summed E-state index contributed by atoms with van der Waals surface area (Å²) < 4.78 is 5.15. The van der Waals surface area contributed by atoms with E-state index in [-0.39, 0.29) is 5.92 Å². The number of aromatic nitrogens is 2.